The quantitative estimate of drug-likeness (QED) is 0.785. The van der Waals surface area contributed by atoms with E-state index in [-0.39, 0.29) is 11.3 Å². The van der Waals surface area contributed by atoms with Crippen molar-refractivity contribution >= 4 is 11.7 Å². The molecule has 1 N–H and O–H groups in total. The molecule has 1 amide bonds. The molecule has 0 radical (unpaired) electrons. The van der Waals surface area contributed by atoms with Gasteiger partial charge in [0.2, 0.25) is 5.91 Å². The first-order valence-electron chi connectivity index (χ1n) is 6.22. The molecule has 0 aromatic heterocycles. The molecule has 1 saturated heterocycles. The molecule has 0 aliphatic carbocycles. The van der Waals surface area contributed by atoms with Crippen LogP contribution in [0.1, 0.15) is 31.2 Å². The Morgan fingerprint density at radius 2 is 2.00 bits per heavy atom. The van der Waals surface area contributed by atoms with Gasteiger partial charge in [-0.2, -0.15) is 0 Å². The number of hydrogen-bond donors (Lipinski definition) is 1. The zero-order valence-electron chi connectivity index (χ0n) is 9.78. The average molecular weight is 228 g/mol. The van der Waals surface area contributed by atoms with Gasteiger partial charge >= 0.3 is 0 Å². The van der Waals surface area contributed by atoms with Crippen LogP contribution < -0.4 is 5.32 Å². The molecule has 3 nitrogen and oxygen atoms in total. The number of nitrogens with one attached hydrogen (secondary N) is 1. The largest absolute Gasteiger partial charge is 0.314 e. The third-order valence-electron chi connectivity index (χ3n) is 3.85. The number of carbonyl (C=O) groups excluding carboxylic acids is 1. The van der Waals surface area contributed by atoms with Crippen molar-refractivity contribution in [2.24, 2.45) is 4.99 Å². The molecule has 1 unspecified atom stereocenters. The summed E-state index contributed by atoms with van der Waals surface area (Å²) in [5.74, 6) is 1.00. The van der Waals surface area contributed by atoms with Gasteiger partial charge in [-0.05, 0) is 24.8 Å². The topological polar surface area (TPSA) is 41.5 Å². The lowest BCUT2D eigenvalue weighted by molar-refractivity contribution is -0.120. The number of amides is 1. The predicted octanol–water partition coefficient (Wildman–Crippen LogP) is 2.03. The summed E-state index contributed by atoms with van der Waals surface area (Å²) in [5.41, 5.74) is 1.26. The van der Waals surface area contributed by atoms with E-state index in [0.717, 1.165) is 31.6 Å². The van der Waals surface area contributed by atoms with Crippen molar-refractivity contribution in [3.05, 3.63) is 35.9 Å². The maximum absolute atomic E-state index is 11.5. The van der Waals surface area contributed by atoms with Crippen molar-refractivity contribution in [3.63, 3.8) is 0 Å². The van der Waals surface area contributed by atoms with Gasteiger partial charge in [-0.3, -0.25) is 9.79 Å². The molecule has 1 aromatic rings. The van der Waals surface area contributed by atoms with Crippen molar-refractivity contribution in [1.29, 1.82) is 0 Å². The fourth-order valence-electron chi connectivity index (χ4n) is 2.95. The first kappa shape index (κ1) is 10.5. The van der Waals surface area contributed by atoms with E-state index in [1.807, 2.05) is 6.07 Å². The van der Waals surface area contributed by atoms with Crippen molar-refractivity contribution < 1.29 is 4.79 Å². The highest BCUT2D eigenvalue weighted by Gasteiger charge is 2.42. The van der Waals surface area contributed by atoms with Gasteiger partial charge in [-0.25, -0.2) is 0 Å². The highest BCUT2D eigenvalue weighted by molar-refractivity contribution is 6.06. The van der Waals surface area contributed by atoms with E-state index in [2.05, 4.69) is 34.6 Å². The number of amidine groups is 1. The molecule has 1 fully saturated rings. The molecule has 2 heterocycles. The normalized spacial score (nSPS) is 28.0. The lowest BCUT2D eigenvalue weighted by Crippen LogP contribution is -2.53. The molecule has 0 saturated carbocycles. The Morgan fingerprint density at radius 1 is 1.18 bits per heavy atom. The van der Waals surface area contributed by atoms with E-state index >= 15 is 0 Å². The number of aliphatic imine (C=N–C) groups is 1. The van der Waals surface area contributed by atoms with Crippen LogP contribution in [0, 0.1) is 0 Å². The second-order valence-electron chi connectivity index (χ2n) is 4.83. The highest BCUT2D eigenvalue weighted by Crippen LogP contribution is 2.39. The predicted molar refractivity (Wildman–Crippen MR) is 67.0 cm³/mol. The Balaban J connectivity index is 2.06. The Hall–Kier alpha value is -1.64. The van der Waals surface area contributed by atoms with Crippen molar-refractivity contribution in [3.8, 4) is 0 Å². The minimum absolute atomic E-state index is 0.0343. The Morgan fingerprint density at radius 3 is 2.82 bits per heavy atom. The number of hydrogen-bond acceptors (Lipinski definition) is 2. The van der Waals surface area contributed by atoms with E-state index in [0.29, 0.717) is 6.42 Å². The molecular formula is C14H16N2O. The van der Waals surface area contributed by atoms with Gasteiger partial charge in [0.25, 0.3) is 0 Å². The number of fused-ring (bicyclic) bond motifs is 1. The minimum atomic E-state index is -0.0343. The first-order valence-corrected chi connectivity index (χ1v) is 6.22. The standard InChI is InChI=1S/C14H16N2O/c17-12-7-9-14(11-5-2-1-3-6-11)8-4-10-15-13(14)16-12/h1-3,5-6H,4,7-10H2,(H,15,16,17). The molecule has 1 aromatic carbocycles. The average Bonchev–Trinajstić information content (AvgIpc) is 2.40. The Labute approximate surface area is 101 Å². The van der Waals surface area contributed by atoms with Crippen LogP contribution in [0.25, 0.3) is 0 Å². The van der Waals surface area contributed by atoms with Gasteiger partial charge < -0.3 is 5.32 Å². The third kappa shape index (κ3) is 1.66. The van der Waals surface area contributed by atoms with Crippen molar-refractivity contribution in [1.82, 2.24) is 5.32 Å². The molecule has 0 bridgehead atoms. The van der Waals surface area contributed by atoms with Gasteiger partial charge in [0.1, 0.15) is 5.84 Å². The zero-order chi connectivity index (χ0) is 11.7. The lowest BCUT2D eigenvalue weighted by atomic mass is 9.69. The van der Waals surface area contributed by atoms with Gasteiger partial charge in [0, 0.05) is 13.0 Å². The fourth-order valence-corrected chi connectivity index (χ4v) is 2.95. The Kier molecular flexibility index (Phi) is 2.46. The third-order valence-corrected chi connectivity index (χ3v) is 3.85. The lowest BCUT2D eigenvalue weighted by Gasteiger charge is -2.41. The summed E-state index contributed by atoms with van der Waals surface area (Å²) in [6.07, 6.45) is 3.69. The van der Waals surface area contributed by atoms with E-state index in [1.165, 1.54) is 5.56 Å². The minimum Gasteiger partial charge on any atom is -0.314 e. The molecule has 1 atom stereocenters. The van der Waals surface area contributed by atoms with Crippen LogP contribution in [0.15, 0.2) is 35.3 Å². The Bertz CT molecular complexity index is 466. The number of rotatable bonds is 1. The number of benzene rings is 1. The van der Waals surface area contributed by atoms with Crippen molar-refractivity contribution in [2.45, 2.75) is 31.1 Å². The van der Waals surface area contributed by atoms with E-state index in [9.17, 15) is 4.79 Å². The maximum atomic E-state index is 11.5. The monoisotopic (exact) mass is 228 g/mol. The summed E-state index contributed by atoms with van der Waals surface area (Å²) in [6.45, 7) is 0.837. The summed E-state index contributed by atoms with van der Waals surface area (Å²) in [5, 5.41) is 2.97. The van der Waals surface area contributed by atoms with Gasteiger partial charge in [-0.15, -0.1) is 0 Å². The number of nitrogens with zero attached hydrogens (tertiary/aromatic N) is 1. The molecule has 2 aliphatic heterocycles. The first-order chi connectivity index (χ1) is 8.31. The molecule has 17 heavy (non-hydrogen) atoms. The van der Waals surface area contributed by atoms with Crippen LogP contribution in [0.4, 0.5) is 0 Å². The second kappa shape index (κ2) is 3.99. The highest BCUT2D eigenvalue weighted by atomic mass is 16.1. The van der Waals surface area contributed by atoms with Gasteiger partial charge in [0.05, 0.1) is 5.41 Å². The number of piperidine rings is 1. The molecule has 88 valence electrons. The van der Waals surface area contributed by atoms with E-state index in [4.69, 9.17) is 0 Å². The van der Waals surface area contributed by atoms with Gasteiger partial charge in [-0.1, -0.05) is 30.3 Å². The van der Waals surface area contributed by atoms with Crippen LogP contribution >= 0.6 is 0 Å². The molecule has 2 aliphatic rings. The fraction of sp³-hybridized carbons (Fsp3) is 0.429. The SMILES string of the molecule is O=C1CCC2(c3ccccc3)CCCN=C2N1. The van der Waals surface area contributed by atoms with Crippen molar-refractivity contribution in [2.75, 3.05) is 6.54 Å². The van der Waals surface area contributed by atoms with E-state index in [1.54, 1.807) is 0 Å². The molecule has 3 rings (SSSR count). The van der Waals surface area contributed by atoms with E-state index < -0.39 is 0 Å². The maximum Gasteiger partial charge on any atom is 0.225 e. The second-order valence-corrected chi connectivity index (χ2v) is 4.83. The summed E-state index contributed by atoms with van der Waals surface area (Å²) < 4.78 is 0. The van der Waals surface area contributed by atoms with Crippen LogP contribution in [-0.2, 0) is 10.2 Å². The number of carbonyl (C=O) groups is 1. The summed E-state index contributed by atoms with van der Waals surface area (Å²) in [4.78, 5) is 16.0. The zero-order valence-corrected chi connectivity index (χ0v) is 9.78. The molecular weight excluding hydrogens is 212 g/mol. The smallest absolute Gasteiger partial charge is 0.225 e. The van der Waals surface area contributed by atoms with Crippen LogP contribution in [0.2, 0.25) is 0 Å². The van der Waals surface area contributed by atoms with Crippen LogP contribution in [0.3, 0.4) is 0 Å². The molecule has 3 heteroatoms. The van der Waals surface area contributed by atoms with Crippen LogP contribution in [0.5, 0.6) is 0 Å². The summed E-state index contributed by atoms with van der Waals surface area (Å²) in [6, 6.07) is 10.5. The van der Waals surface area contributed by atoms with Crippen LogP contribution in [-0.4, -0.2) is 18.3 Å². The molecule has 0 spiro atoms. The van der Waals surface area contributed by atoms with Gasteiger partial charge in [0.15, 0.2) is 0 Å². The summed E-state index contributed by atoms with van der Waals surface area (Å²) >= 11 is 0. The summed E-state index contributed by atoms with van der Waals surface area (Å²) in [7, 11) is 0.